The molecule has 0 aliphatic heterocycles. The number of rotatable bonds is 5. The second kappa shape index (κ2) is 7.56. The van der Waals surface area contributed by atoms with Crippen LogP contribution in [0, 0.1) is 6.92 Å². The molecule has 140 valence electrons. The Kier molecular flexibility index (Phi) is 4.81. The van der Waals surface area contributed by atoms with E-state index in [-0.39, 0.29) is 5.91 Å². The van der Waals surface area contributed by atoms with E-state index in [1.165, 1.54) is 0 Å². The van der Waals surface area contributed by atoms with Crippen LogP contribution in [0.3, 0.4) is 0 Å². The average Bonchev–Trinajstić information content (AvgIpc) is 3.00. The summed E-state index contributed by atoms with van der Waals surface area (Å²) in [5.41, 5.74) is 5.92. The SMILES string of the molecule is Cc1cc(NC(=O)Cc2cn(C)c3ccccc23)ccc1Nc1cccnc1. The summed E-state index contributed by atoms with van der Waals surface area (Å²) >= 11 is 0. The highest BCUT2D eigenvalue weighted by Crippen LogP contribution is 2.24. The van der Waals surface area contributed by atoms with Gasteiger partial charge >= 0.3 is 0 Å². The molecule has 0 spiro atoms. The topological polar surface area (TPSA) is 59.0 Å². The summed E-state index contributed by atoms with van der Waals surface area (Å²) in [6.45, 7) is 2.01. The maximum Gasteiger partial charge on any atom is 0.228 e. The van der Waals surface area contributed by atoms with E-state index in [4.69, 9.17) is 0 Å². The molecule has 0 saturated carbocycles. The molecule has 2 aromatic carbocycles. The Balaban J connectivity index is 1.46. The number of anilines is 3. The third-order valence-electron chi connectivity index (χ3n) is 4.78. The first kappa shape index (κ1) is 17.8. The number of para-hydroxylation sites is 1. The van der Waals surface area contributed by atoms with Crippen LogP contribution in [0.15, 0.2) is 73.2 Å². The van der Waals surface area contributed by atoms with Crippen molar-refractivity contribution < 1.29 is 4.79 Å². The van der Waals surface area contributed by atoms with E-state index in [0.29, 0.717) is 6.42 Å². The van der Waals surface area contributed by atoms with Gasteiger partial charge in [0.15, 0.2) is 0 Å². The molecule has 2 aromatic heterocycles. The number of fused-ring (bicyclic) bond motifs is 1. The van der Waals surface area contributed by atoms with Crippen LogP contribution < -0.4 is 10.6 Å². The van der Waals surface area contributed by atoms with Crippen LogP contribution in [0.25, 0.3) is 10.9 Å². The number of carbonyl (C=O) groups excluding carboxylic acids is 1. The van der Waals surface area contributed by atoms with E-state index in [0.717, 1.165) is 39.1 Å². The Labute approximate surface area is 164 Å². The highest BCUT2D eigenvalue weighted by Gasteiger charge is 2.11. The van der Waals surface area contributed by atoms with Crippen LogP contribution in [0.4, 0.5) is 17.1 Å². The zero-order valence-electron chi connectivity index (χ0n) is 15.9. The predicted octanol–water partition coefficient (Wildman–Crippen LogP) is 4.81. The monoisotopic (exact) mass is 370 g/mol. The maximum atomic E-state index is 12.6. The first-order chi connectivity index (χ1) is 13.6. The molecule has 5 nitrogen and oxygen atoms in total. The van der Waals surface area contributed by atoms with Gasteiger partial charge in [0.2, 0.25) is 5.91 Å². The summed E-state index contributed by atoms with van der Waals surface area (Å²) in [6.07, 6.45) is 5.89. The Bertz CT molecular complexity index is 1130. The maximum absolute atomic E-state index is 12.6. The number of carbonyl (C=O) groups is 1. The van der Waals surface area contributed by atoms with Gasteiger partial charge in [0.1, 0.15) is 0 Å². The molecule has 28 heavy (non-hydrogen) atoms. The zero-order chi connectivity index (χ0) is 19.5. The number of aromatic nitrogens is 2. The molecule has 5 heteroatoms. The Hall–Kier alpha value is -3.60. The van der Waals surface area contributed by atoms with Crippen LogP contribution in [-0.4, -0.2) is 15.5 Å². The minimum atomic E-state index is -0.0243. The van der Waals surface area contributed by atoms with Crippen LogP contribution in [0.5, 0.6) is 0 Å². The van der Waals surface area contributed by atoms with Crippen LogP contribution >= 0.6 is 0 Å². The summed E-state index contributed by atoms with van der Waals surface area (Å²) in [5.74, 6) is -0.0243. The molecule has 1 amide bonds. The molecule has 2 N–H and O–H groups in total. The van der Waals surface area contributed by atoms with Gasteiger partial charge in [0, 0.05) is 41.7 Å². The largest absolute Gasteiger partial charge is 0.354 e. The predicted molar refractivity (Wildman–Crippen MR) is 114 cm³/mol. The van der Waals surface area contributed by atoms with Gasteiger partial charge < -0.3 is 15.2 Å². The molecule has 0 bridgehead atoms. The summed E-state index contributed by atoms with van der Waals surface area (Å²) in [6, 6.07) is 17.8. The number of nitrogens with one attached hydrogen (secondary N) is 2. The lowest BCUT2D eigenvalue weighted by Crippen LogP contribution is -2.14. The fourth-order valence-electron chi connectivity index (χ4n) is 3.42. The lowest BCUT2D eigenvalue weighted by molar-refractivity contribution is -0.115. The Morgan fingerprint density at radius 3 is 2.71 bits per heavy atom. The lowest BCUT2D eigenvalue weighted by atomic mass is 10.1. The molecule has 0 saturated heterocycles. The van der Waals surface area contributed by atoms with Crippen molar-refractivity contribution in [3.63, 3.8) is 0 Å². The van der Waals surface area contributed by atoms with Gasteiger partial charge in [-0.15, -0.1) is 0 Å². The van der Waals surface area contributed by atoms with Gasteiger partial charge in [-0.1, -0.05) is 18.2 Å². The van der Waals surface area contributed by atoms with Crippen molar-refractivity contribution in [1.82, 2.24) is 9.55 Å². The van der Waals surface area contributed by atoms with Crippen LogP contribution in [0.2, 0.25) is 0 Å². The minimum absolute atomic E-state index is 0.0243. The van der Waals surface area contributed by atoms with Gasteiger partial charge in [-0.2, -0.15) is 0 Å². The Morgan fingerprint density at radius 1 is 1.07 bits per heavy atom. The number of amides is 1. The third kappa shape index (κ3) is 3.74. The number of nitrogens with zero attached hydrogens (tertiary/aromatic N) is 2. The van der Waals surface area contributed by atoms with Crippen molar-refractivity contribution in [2.75, 3.05) is 10.6 Å². The first-order valence-corrected chi connectivity index (χ1v) is 9.20. The molecule has 0 atom stereocenters. The van der Waals surface area contributed by atoms with Crippen molar-refractivity contribution in [3.8, 4) is 0 Å². The molecule has 0 aliphatic rings. The number of benzene rings is 2. The number of hydrogen-bond acceptors (Lipinski definition) is 3. The van der Waals surface area contributed by atoms with E-state index in [2.05, 4.69) is 32.3 Å². The smallest absolute Gasteiger partial charge is 0.228 e. The number of hydrogen-bond donors (Lipinski definition) is 2. The summed E-state index contributed by atoms with van der Waals surface area (Å²) in [7, 11) is 2.00. The van der Waals surface area contributed by atoms with Gasteiger partial charge in [0.05, 0.1) is 18.3 Å². The highest BCUT2D eigenvalue weighted by atomic mass is 16.1. The van der Waals surface area contributed by atoms with Gasteiger partial charge in [-0.25, -0.2) is 0 Å². The molecule has 2 heterocycles. The zero-order valence-corrected chi connectivity index (χ0v) is 15.9. The van der Waals surface area contributed by atoms with E-state index >= 15 is 0 Å². The van der Waals surface area contributed by atoms with Crippen molar-refractivity contribution in [3.05, 3.63) is 84.3 Å². The minimum Gasteiger partial charge on any atom is -0.354 e. The average molecular weight is 370 g/mol. The molecule has 0 aliphatic carbocycles. The van der Waals surface area contributed by atoms with Gasteiger partial charge in [0.25, 0.3) is 0 Å². The number of aryl methyl sites for hydroxylation is 2. The highest BCUT2D eigenvalue weighted by molar-refractivity contribution is 5.96. The number of pyridine rings is 1. The van der Waals surface area contributed by atoms with Crippen molar-refractivity contribution in [2.45, 2.75) is 13.3 Å². The fraction of sp³-hybridized carbons (Fsp3) is 0.130. The van der Waals surface area contributed by atoms with Gasteiger partial charge in [-0.3, -0.25) is 9.78 Å². The van der Waals surface area contributed by atoms with Crippen LogP contribution in [-0.2, 0) is 18.3 Å². The molecular weight excluding hydrogens is 348 g/mol. The Morgan fingerprint density at radius 2 is 1.93 bits per heavy atom. The molecule has 0 radical (unpaired) electrons. The van der Waals surface area contributed by atoms with Crippen molar-refractivity contribution in [2.24, 2.45) is 7.05 Å². The van der Waals surface area contributed by atoms with Crippen LogP contribution in [0.1, 0.15) is 11.1 Å². The fourth-order valence-corrected chi connectivity index (χ4v) is 3.42. The standard InChI is InChI=1S/C23H22N4O/c1-16-12-18(9-10-21(16)25-19-6-5-11-24-14-19)26-23(28)13-17-15-27(2)22-8-4-3-7-20(17)22/h3-12,14-15,25H,13H2,1-2H3,(H,26,28). The molecule has 4 aromatic rings. The summed E-state index contributed by atoms with van der Waals surface area (Å²) in [5, 5.41) is 7.46. The van der Waals surface area contributed by atoms with Crippen molar-refractivity contribution >= 4 is 33.9 Å². The third-order valence-corrected chi connectivity index (χ3v) is 4.78. The lowest BCUT2D eigenvalue weighted by Gasteiger charge is -2.12. The van der Waals surface area contributed by atoms with E-state index in [9.17, 15) is 4.79 Å². The summed E-state index contributed by atoms with van der Waals surface area (Å²) in [4.78, 5) is 16.7. The second-order valence-electron chi connectivity index (χ2n) is 6.90. The van der Waals surface area contributed by atoms with E-state index in [1.54, 1.807) is 12.4 Å². The molecule has 4 rings (SSSR count). The second-order valence-corrected chi connectivity index (χ2v) is 6.90. The van der Waals surface area contributed by atoms with Gasteiger partial charge in [-0.05, 0) is 54.4 Å². The van der Waals surface area contributed by atoms with E-state index < -0.39 is 0 Å². The molecule has 0 fully saturated rings. The van der Waals surface area contributed by atoms with E-state index in [1.807, 2.05) is 62.6 Å². The molecular formula is C23H22N4O. The summed E-state index contributed by atoms with van der Waals surface area (Å²) < 4.78 is 2.06. The first-order valence-electron chi connectivity index (χ1n) is 9.20. The quantitative estimate of drug-likeness (QED) is 0.530. The molecule has 0 unspecified atom stereocenters. The van der Waals surface area contributed by atoms with Crippen molar-refractivity contribution in [1.29, 1.82) is 0 Å². The normalized spacial score (nSPS) is 10.8.